The lowest BCUT2D eigenvalue weighted by molar-refractivity contribution is 0.0932. The molecule has 1 saturated carbocycles. The van der Waals surface area contributed by atoms with Gasteiger partial charge in [-0.2, -0.15) is 4.98 Å². The largest absolute Gasteiger partial charge is 0.381 e. The molecule has 0 saturated heterocycles. The van der Waals surface area contributed by atoms with Gasteiger partial charge in [0, 0.05) is 34.1 Å². The van der Waals surface area contributed by atoms with Crippen molar-refractivity contribution in [2.75, 3.05) is 5.73 Å². The summed E-state index contributed by atoms with van der Waals surface area (Å²) >= 11 is 1.67. The summed E-state index contributed by atoms with van der Waals surface area (Å²) in [5.41, 5.74) is 6.04. The highest BCUT2D eigenvalue weighted by atomic mass is 32.1. The summed E-state index contributed by atoms with van der Waals surface area (Å²) in [7, 11) is 0. The van der Waals surface area contributed by atoms with Crippen molar-refractivity contribution in [3.63, 3.8) is 0 Å². The number of nitrogen functional groups attached to an aromatic ring is 1. The van der Waals surface area contributed by atoms with Gasteiger partial charge in [-0.1, -0.05) is 18.2 Å². The van der Waals surface area contributed by atoms with E-state index in [1.54, 1.807) is 23.6 Å². The fourth-order valence-electron chi connectivity index (χ4n) is 4.15. The lowest BCUT2D eigenvalue weighted by Gasteiger charge is -2.15. The Kier molecular flexibility index (Phi) is 5.18. The Morgan fingerprint density at radius 1 is 1.22 bits per heavy atom. The number of fused-ring (bicyclic) bond motifs is 1. The van der Waals surface area contributed by atoms with E-state index in [0.29, 0.717) is 25.0 Å². The number of hydrogen-bond donors (Lipinski definition) is 2. The highest BCUT2D eigenvalue weighted by Gasteiger charge is 2.29. The van der Waals surface area contributed by atoms with E-state index >= 15 is 0 Å². The van der Waals surface area contributed by atoms with Gasteiger partial charge in [0.15, 0.2) is 11.6 Å². The van der Waals surface area contributed by atoms with Crippen LogP contribution in [0.5, 0.6) is 0 Å². The number of carbonyl (C=O) groups excluding carboxylic acids is 1. The lowest BCUT2D eigenvalue weighted by Crippen LogP contribution is -2.34. The molecule has 2 atom stereocenters. The molecule has 9 heteroatoms. The quantitative estimate of drug-likeness (QED) is 0.494. The van der Waals surface area contributed by atoms with E-state index in [1.807, 2.05) is 18.2 Å². The van der Waals surface area contributed by atoms with Gasteiger partial charge in [0.25, 0.3) is 5.91 Å². The number of nitrogens with one attached hydrogen (secondary N) is 1. The van der Waals surface area contributed by atoms with Crippen LogP contribution in [0, 0.1) is 5.82 Å². The molecule has 3 heterocycles. The first-order valence-corrected chi connectivity index (χ1v) is 11.1. The summed E-state index contributed by atoms with van der Waals surface area (Å²) in [6.07, 6.45) is 4.53. The Bertz CT molecular complexity index is 1350. The summed E-state index contributed by atoms with van der Waals surface area (Å²) in [6.45, 7) is 0. The molecule has 3 N–H and O–H groups in total. The number of benzene rings is 1. The first-order valence-electron chi connectivity index (χ1n) is 10.3. The summed E-state index contributed by atoms with van der Waals surface area (Å²) in [5, 5.41) is 4.16. The fourth-order valence-corrected chi connectivity index (χ4v) is 5.21. The van der Waals surface area contributed by atoms with Crippen LogP contribution in [-0.4, -0.2) is 26.5 Å². The molecule has 162 valence electrons. The summed E-state index contributed by atoms with van der Waals surface area (Å²) < 4.78 is 16.2. The van der Waals surface area contributed by atoms with Crippen molar-refractivity contribution >= 4 is 33.1 Å². The zero-order valence-corrected chi connectivity index (χ0v) is 17.8. The normalized spacial score (nSPS) is 18.2. The molecule has 1 fully saturated rings. The van der Waals surface area contributed by atoms with Crippen molar-refractivity contribution in [3.8, 4) is 10.4 Å². The summed E-state index contributed by atoms with van der Waals surface area (Å²) in [5.74, 6) is -1.40. The molecule has 4 aromatic rings. The second kappa shape index (κ2) is 8.16. The van der Waals surface area contributed by atoms with Gasteiger partial charge in [0.1, 0.15) is 5.69 Å². The van der Waals surface area contributed by atoms with E-state index in [-0.39, 0.29) is 18.0 Å². The predicted molar refractivity (Wildman–Crippen MR) is 122 cm³/mol. The first-order chi connectivity index (χ1) is 15.5. The molecule has 1 amide bonds. The Labute approximate surface area is 186 Å². The van der Waals surface area contributed by atoms with Crippen molar-refractivity contribution in [1.82, 2.24) is 19.9 Å². The molecule has 0 spiro atoms. The van der Waals surface area contributed by atoms with Gasteiger partial charge in [-0.25, -0.2) is 9.18 Å². The standard InChI is InChI=1S/C23H20FN5O2S/c24-17-12-29(23(31)28-21(17)25)16-6-5-15(11-16)27-22(30)18-9-14(7-8-26-18)20-10-13-3-1-2-4-19(13)32-20/h1-4,7-10,12,15-16H,5-6,11H2,(H,27,30)(H2,25,28,31)/t15-,16-/m0/s1. The van der Waals surface area contributed by atoms with E-state index in [1.165, 1.54) is 9.27 Å². The molecule has 1 aromatic carbocycles. The van der Waals surface area contributed by atoms with Crippen LogP contribution in [0.25, 0.3) is 20.5 Å². The summed E-state index contributed by atoms with van der Waals surface area (Å²) in [4.78, 5) is 33.7. The van der Waals surface area contributed by atoms with Crippen molar-refractivity contribution in [1.29, 1.82) is 0 Å². The zero-order chi connectivity index (χ0) is 22.2. The molecule has 0 radical (unpaired) electrons. The number of anilines is 1. The number of aromatic nitrogens is 3. The second-order valence-corrected chi connectivity index (χ2v) is 8.96. The number of nitrogens with two attached hydrogens (primary N) is 1. The van der Waals surface area contributed by atoms with Crippen molar-refractivity contribution in [2.24, 2.45) is 0 Å². The third-order valence-corrected chi connectivity index (χ3v) is 6.94. The molecule has 32 heavy (non-hydrogen) atoms. The molecule has 0 aliphatic heterocycles. The topological polar surface area (TPSA) is 103 Å². The van der Waals surface area contributed by atoms with E-state index in [4.69, 9.17) is 5.73 Å². The third-order valence-electron chi connectivity index (χ3n) is 5.77. The molecular formula is C23H20FN5O2S. The predicted octanol–water partition coefficient (Wildman–Crippen LogP) is 3.76. The van der Waals surface area contributed by atoms with Crippen molar-refractivity contribution in [2.45, 2.75) is 31.3 Å². The third kappa shape index (κ3) is 3.87. The highest BCUT2D eigenvalue weighted by molar-refractivity contribution is 7.22. The molecule has 5 rings (SSSR count). The van der Waals surface area contributed by atoms with E-state index in [9.17, 15) is 14.0 Å². The van der Waals surface area contributed by atoms with Crippen LogP contribution >= 0.6 is 11.3 Å². The van der Waals surface area contributed by atoms with Gasteiger partial charge in [0.2, 0.25) is 0 Å². The maximum Gasteiger partial charge on any atom is 0.349 e. The Morgan fingerprint density at radius 2 is 2.06 bits per heavy atom. The van der Waals surface area contributed by atoms with Gasteiger partial charge < -0.3 is 11.1 Å². The van der Waals surface area contributed by atoms with Crippen LogP contribution in [0.2, 0.25) is 0 Å². The number of hydrogen-bond acceptors (Lipinski definition) is 6. The van der Waals surface area contributed by atoms with Gasteiger partial charge in [-0.15, -0.1) is 11.3 Å². The monoisotopic (exact) mass is 449 g/mol. The number of nitrogens with zero attached hydrogens (tertiary/aromatic N) is 3. The van der Waals surface area contributed by atoms with Crippen LogP contribution in [0.3, 0.4) is 0 Å². The smallest absolute Gasteiger partial charge is 0.349 e. The van der Waals surface area contributed by atoms with Crippen molar-refractivity contribution < 1.29 is 9.18 Å². The van der Waals surface area contributed by atoms with Gasteiger partial charge >= 0.3 is 5.69 Å². The number of halogens is 1. The van der Waals surface area contributed by atoms with Gasteiger partial charge in [-0.05, 0) is 54.5 Å². The number of rotatable bonds is 4. The van der Waals surface area contributed by atoms with Crippen LogP contribution in [0.15, 0.2) is 59.7 Å². The lowest BCUT2D eigenvalue weighted by atomic mass is 10.1. The number of thiophene rings is 1. The van der Waals surface area contributed by atoms with Crippen LogP contribution in [0.4, 0.5) is 10.2 Å². The SMILES string of the molecule is Nc1nc(=O)n([C@H]2CC[C@H](NC(=O)c3cc(-c4cc5ccccc5s4)ccn3)C2)cc1F. The molecule has 1 aliphatic rings. The molecule has 0 bridgehead atoms. The number of pyridine rings is 1. The Balaban J connectivity index is 1.30. The van der Waals surface area contributed by atoms with Crippen LogP contribution < -0.4 is 16.7 Å². The Morgan fingerprint density at radius 3 is 2.91 bits per heavy atom. The van der Waals surface area contributed by atoms with E-state index in [0.717, 1.165) is 22.0 Å². The zero-order valence-electron chi connectivity index (χ0n) is 17.0. The van der Waals surface area contributed by atoms with Crippen LogP contribution in [0.1, 0.15) is 35.8 Å². The van der Waals surface area contributed by atoms with E-state index < -0.39 is 17.3 Å². The average Bonchev–Trinajstić information content (AvgIpc) is 3.43. The molecule has 0 unspecified atom stereocenters. The minimum Gasteiger partial charge on any atom is -0.381 e. The second-order valence-electron chi connectivity index (χ2n) is 7.88. The maximum absolute atomic E-state index is 13.8. The van der Waals surface area contributed by atoms with Gasteiger partial charge in [0.05, 0.1) is 0 Å². The minimum absolute atomic E-state index is 0.144. The van der Waals surface area contributed by atoms with Crippen molar-refractivity contribution in [3.05, 3.63) is 76.9 Å². The van der Waals surface area contributed by atoms with Crippen LogP contribution in [-0.2, 0) is 0 Å². The molecule has 3 aromatic heterocycles. The number of amides is 1. The number of carbonyl (C=O) groups is 1. The fraction of sp³-hybridized carbons (Fsp3) is 0.217. The molecular weight excluding hydrogens is 429 g/mol. The summed E-state index contributed by atoms with van der Waals surface area (Å²) in [6, 6.07) is 13.5. The highest BCUT2D eigenvalue weighted by Crippen LogP contribution is 2.33. The maximum atomic E-state index is 13.8. The molecule has 7 nitrogen and oxygen atoms in total. The van der Waals surface area contributed by atoms with Gasteiger partial charge in [-0.3, -0.25) is 14.3 Å². The first kappa shape index (κ1) is 20.3. The minimum atomic E-state index is -0.723. The molecule has 1 aliphatic carbocycles. The van der Waals surface area contributed by atoms with E-state index in [2.05, 4.69) is 33.5 Å². The Hall–Kier alpha value is -3.59. The average molecular weight is 450 g/mol.